The van der Waals surface area contributed by atoms with Gasteiger partial charge in [0.05, 0.1) is 11.8 Å². The van der Waals surface area contributed by atoms with E-state index in [4.69, 9.17) is 11.0 Å². The van der Waals surface area contributed by atoms with Crippen LogP contribution < -0.4 is 10.6 Å². The normalized spacial score (nSPS) is 10.8. The summed E-state index contributed by atoms with van der Waals surface area (Å²) in [4.78, 5) is 16.9. The van der Waals surface area contributed by atoms with Crippen LogP contribution in [0.2, 0.25) is 0 Å². The standard InChI is InChI=1S/C16H16FN7/c1-4-9-5-10(6-18)22-14(17)13(9)24(3)16-8(2)11-12(15(19)23-16)21-7-20-11/h5,7H,4H2,1-3H3,(H2,19,23)(H,20,21). The summed E-state index contributed by atoms with van der Waals surface area (Å²) in [6, 6.07) is 3.45. The van der Waals surface area contributed by atoms with E-state index >= 15 is 0 Å². The van der Waals surface area contributed by atoms with Gasteiger partial charge >= 0.3 is 0 Å². The summed E-state index contributed by atoms with van der Waals surface area (Å²) in [5, 5.41) is 8.97. The van der Waals surface area contributed by atoms with E-state index < -0.39 is 5.95 Å². The predicted molar refractivity (Wildman–Crippen MR) is 89.4 cm³/mol. The number of rotatable bonds is 3. The maximum absolute atomic E-state index is 14.5. The number of aromatic nitrogens is 4. The van der Waals surface area contributed by atoms with Crippen molar-refractivity contribution in [2.75, 3.05) is 17.7 Å². The number of nitrogen functional groups attached to an aromatic ring is 1. The lowest BCUT2D eigenvalue weighted by Crippen LogP contribution is -2.18. The largest absolute Gasteiger partial charge is 0.382 e. The maximum Gasteiger partial charge on any atom is 0.238 e. The van der Waals surface area contributed by atoms with Crippen LogP contribution in [0.25, 0.3) is 11.0 Å². The molecule has 0 radical (unpaired) electrons. The summed E-state index contributed by atoms with van der Waals surface area (Å²) in [6.45, 7) is 3.74. The van der Waals surface area contributed by atoms with Crippen molar-refractivity contribution < 1.29 is 4.39 Å². The summed E-state index contributed by atoms with van der Waals surface area (Å²) in [7, 11) is 1.69. The van der Waals surface area contributed by atoms with E-state index in [0.29, 0.717) is 28.8 Å². The van der Waals surface area contributed by atoms with Crippen LogP contribution in [0.5, 0.6) is 0 Å². The molecule has 0 saturated heterocycles. The Balaban J connectivity index is 2.22. The number of fused-ring (bicyclic) bond motifs is 1. The highest BCUT2D eigenvalue weighted by Crippen LogP contribution is 2.34. The zero-order valence-electron chi connectivity index (χ0n) is 13.6. The molecule has 0 aliphatic carbocycles. The Morgan fingerprint density at radius 3 is 2.83 bits per heavy atom. The monoisotopic (exact) mass is 325 g/mol. The Labute approximate surface area is 138 Å². The van der Waals surface area contributed by atoms with Gasteiger partial charge in [-0.1, -0.05) is 6.92 Å². The van der Waals surface area contributed by atoms with Crippen LogP contribution in [0.1, 0.15) is 23.7 Å². The Bertz CT molecular complexity index is 971. The Morgan fingerprint density at radius 2 is 2.17 bits per heavy atom. The lowest BCUT2D eigenvalue weighted by atomic mass is 10.1. The average molecular weight is 325 g/mol. The highest BCUT2D eigenvalue weighted by atomic mass is 19.1. The van der Waals surface area contributed by atoms with Crippen LogP contribution in [0.3, 0.4) is 0 Å². The van der Waals surface area contributed by atoms with Gasteiger partial charge in [-0.25, -0.2) is 15.0 Å². The van der Waals surface area contributed by atoms with E-state index in [1.807, 2.05) is 19.9 Å². The third-order valence-electron chi connectivity index (χ3n) is 3.99. The van der Waals surface area contributed by atoms with E-state index in [-0.39, 0.29) is 17.2 Å². The molecule has 0 aliphatic rings. The van der Waals surface area contributed by atoms with E-state index in [1.54, 1.807) is 24.3 Å². The number of imidazole rings is 1. The smallest absolute Gasteiger partial charge is 0.238 e. The van der Waals surface area contributed by atoms with Crippen molar-refractivity contribution in [2.45, 2.75) is 20.3 Å². The van der Waals surface area contributed by atoms with Crippen molar-refractivity contribution in [3.8, 4) is 6.07 Å². The van der Waals surface area contributed by atoms with Gasteiger partial charge in [0.1, 0.15) is 28.8 Å². The third kappa shape index (κ3) is 2.31. The van der Waals surface area contributed by atoms with Crippen LogP contribution in [0, 0.1) is 24.2 Å². The summed E-state index contributed by atoms with van der Waals surface area (Å²) in [6.07, 6.45) is 2.09. The topological polar surface area (TPSA) is 108 Å². The first-order valence-electron chi connectivity index (χ1n) is 7.40. The first kappa shape index (κ1) is 15.7. The van der Waals surface area contributed by atoms with Gasteiger partial charge in [0, 0.05) is 12.6 Å². The average Bonchev–Trinajstić information content (AvgIpc) is 3.07. The fraction of sp³-hybridized carbons (Fsp3) is 0.250. The Kier molecular flexibility index (Phi) is 3.77. The number of hydrogen-bond acceptors (Lipinski definition) is 6. The zero-order chi connectivity index (χ0) is 17.4. The molecule has 0 atom stereocenters. The van der Waals surface area contributed by atoms with Crippen molar-refractivity contribution >= 4 is 28.4 Å². The molecule has 0 saturated carbocycles. The van der Waals surface area contributed by atoms with Crippen LogP contribution >= 0.6 is 0 Å². The van der Waals surface area contributed by atoms with Gasteiger partial charge in [-0.2, -0.15) is 9.65 Å². The molecule has 8 heteroatoms. The fourth-order valence-corrected chi connectivity index (χ4v) is 2.80. The highest BCUT2D eigenvalue weighted by molar-refractivity contribution is 5.91. The number of nitriles is 1. The highest BCUT2D eigenvalue weighted by Gasteiger charge is 2.21. The Hall–Kier alpha value is -3.21. The summed E-state index contributed by atoms with van der Waals surface area (Å²) in [5.41, 5.74) is 9.09. The summed E-state index contributed by atoms with van der Waals surface area (Å²) < 4.78 is 14.5. The molecular formula is C16H16FN7. The molecule has 122 valence electrons. The molecule has 24 heavy (non-hydrogen) atoms. The predicted octanol–water partition coefficient (Wildman–Crippen LogP) is 2.58. The number of pyridine rings is 2. The third-order valence-corrected chi connectivity index (χ3v) is 3.99. The molecule has 3 rings (SSSR count). The second kappa shape index (κ2) is 5.77. The second-order valence-electron chi connectivity index (χ2n) is 5.40. The van der Waals surface area contributed by atoms with Gasteiger partial charge in [0.15, 0.2) is 5.82 Å². The first-order valence-corrected chi connectivity index (χ1v) is 7.40. The minimum atomic E-state index is -0.713. The molecule has 3 aromatic rings. The summed E-state index contributed by atoms with van der Waals surface area (Å²) in [5.74, 6) is 0.0671. The molecule has 0 fully saturated rings. The van der Waals surface area contributed by atoms with Gasteiger partial charge in [-0.3, -0.25) is 0 Å². The zero-order valence-corrected chi connectivity index (χ0v) is 13.6. The van der Waals surface area contributed by atoms with E-state index in [1.165, 1.54) is 0 Å². The van der Waals surface area contributed by atoms with Gasteiger partial charge in [0.2, 0.25) is 5.95 Å². The fourth-order valence-electron chi connectivity index (χ4n) is 2.80. The number of H-pyrrole nitrogens is 1. The van der Waals surface area contributed by atoms with Crippen LogP contribution in [0.15, 0.2) is 12.4 Å². The van der Waals surface area contributed by atoms with E-state index in [9.17, 15) is 4.39 Å². The number of aromatic amines is 1. The lowest BCUT2D eigenvalue weighted by molar-refractivity contribution is 0.580. The molecular weight excluding hydrogens is 309 g/mol. The molecule has 3 aromatic heterocycles. The summed E-state index contributed by atoms with van der Waals surface area (Å²) >= 11 is 0. The van der Waals surface area contributed by atoms with Gasteiger partial charge < -0.3 is 15.6 Å². The number of nitrogens with two attached hydrogens (primary N) is 1. The lowest BCUT2D eigenvalue weighted by Gasteiger charge is -2.23. The van der Waals surface area contributed by atoms with Crippen LogP contribution in [-0.2, 0) is 6.42 Å². The SMILES string of the molecule is CCc1cc(C#N)nc(F)c1N(C)c1nc(N)c2[nH]cnc2c1C. The van der Waals surface area contributed by atoms with E-state index in [2.05, 4.69) is 19.9 Å². The van der Waals surface area contributed by atoms with Crippen molar-refractivity contribution in [3.05, 3.63) is 35.2 Å². The number of nitrogens with zero attached hydrogens (tertiary/aromatic N) is 5. The molecule has 0 aromatic carbocycles. The van der Waals surface area contributed by atoms with Gasteiger partial charge in [0.25, 0.3) is 0 Å². The number of aryl methyl sites for hydroxylation is 2. The minimum Gasteiger partial charge on any atom is -0.382 e. The van der Waals surface area contributed by atoms with Gasteiger partial charge in [-0.05, 0) is 25.0 Å². The number of anilines is 3. The minimum absolute atomic E-state index is 0.0495. The molecule has 0 aliphatic heterocycles. The van der Waals surface area contributed by atoms with Gasteiger partial charge in [-0.15, -0.1) is 0 Å². The van der Waals surface area contributed by atoms with Crippen molar-refractivity contribution in [2.24, 2.45) is 0 Å². The number of nitrogens with one attached hydrogen (secondary N) is 1. The second-order valence-corrected chi connectivity index (χ2v) is 5.40. The quantitative estimate of drug-likeness (QED) is 0.717. The molecule has 0 unspecified atom stereocenters. The Morgan fingerprint density at radius 1 is 1.42 bits per heavy atom. The molecule has 7 nitrogen and oxygen atoms in total. The molecule has 0 bridgehead atoms. The molecule has 3 heterocycles. The first-order chi connectivity index (χ1) is 11.5. The van der Waals surface area contributed by atoms with Crippen molar-refractivity contribution in [1.29, 1.82) is 5.26 Å². The molecule has 3 N–H and O–H groups in total. The number of hydrogen-bond donors (Lipinski definition) is 2. The van der Waals surface area contributed by atoms with Crippen LogP contribution in [-0.4, -0.2) is 27.0 Å². The maximum atomic E-state index is 14.5. The number of halogens is 1. The van der Waals surface area contributed by atoms with E-state index in [0.717, 1.165) is 5.56 Å². The van der Waals surface area contributed by atoms with Crippen LogP contribution in [0.4, 0.5) is 21.7 Å². The van der Waals surface area contributed by atoms with Crippen molar-refractivity contribution in [1.82, 2.24) is 19.9 Å². The molecule has 0 amide bonds. The van der Waals surface area contributed by atoms with Crippen molar-refractivity contribution in [3.63, 3.8) is 0 Å². The molecule has 0 spiro atoms.